The Morgan fingerprint density at radius 1 is 1.12 bits per heavy atom. The number of amides is 2. The van der Waals surface area contributed by atoms with Gasteiger partial charge in [-0.05, 0) is 42.3 Å². The minimum atomic E-state index is -0.247. The lowest BCUT2D eigenvalue weighted by Gasteiger charge is -2.17. The van der Waals surface area contributed by atoms with Crippen LogP contribution in [0.2, 0.25) is 0 Å². The Balaban J connectivity index is 1.41. The number of rotatable bonds is 3. The maximum absolute atomic E-state index is 12.1. The van der Waals surface area contributed by atoms with Gasteiger partial charge in [-0.3, -0.25) is 4.99 Å². The van der Waals surface area contributed by atoms with Gasteiger partial charge in [-0.25, -0.2) is 4.79 Å². The van der Waals surface area contributed by atoms with Crippen LogP contribution in [0.1, 0.15) is 11.1 Å². The zero-order chi connectivity index (χ0) is 17.2. The van der Waals surface area contributed by atoms with Crippen LogP contribution in [0.5, 0.6) is 0 Å². The SMILES string of the molecule is Cc1cccc(NC(=O)Nc2ccc(C3=CSC4=NCCN34)cc2)c1. The molecule has 0 aromatic heterocycles. The molecule has 0 saturated carbocycles. The summed E-state index contributed by atoms with van der Waals surface area (Å²) in [7, 11) is 0. The van der Waals surface area contributed by atoms with Gasteiger partial charge in [-0.15, -0.1) is 0 Å². The molecule has 2 heterocycles. The molecular weight excluding hydrogens is 332 g/mol. The molecule has 0 fully saturated rings. The van der Waals surface area contributed by atoms with Crippen LogP contribution in [-0.2, 0) is 0 Å². The monoisotopic (exact) mass is 350 g/mol. The number of benzene rings is 2. The molecule has 0 unspecified atom stereocenters. The number of anilines is 2. The second kappa shape index (κ2) is 6.64. The van der Waals surface area contributed by atoms with Crippen LogP contribution in [-0.4, -0.2) is 29.2 Å². The van der Waals surface area contributed by atoms with Crippen molar-refractivity contribution in [3.05, 3.63) is 65.1 Å². The Bertz CT molecular complexity index is 873. The third kappa shape index (κ3) is 3.39. The van der Waals surface area contributed by atoms with E-state index in [9.17, 15) is 4.79 Å². The van der Waals surface area contributed by atoms with Crippen molar-refractivity contribution in [2.45, 2.75) is 6.92 Å². The number of urea groups is 1. The van der Waals surface area contributed by atoms with Crippen LogP contribution in [0.15, 0.2) is 58.9 Å². The summed E-state index contributed by atoms with van der Waals surface area (Å²) >= 11 is 1.67. The highest BCUT2D eigenvalue weighted by Crippen LogP contribution is 2.35. The fraction of sp³-hybridized carbons (Fsp3) is 0.158. The van der Waals surface area contributed by atoms with Gasteiger partial charge in [0.05, 0.1) is 12.2 Å². The molecule has 0 bridgehead atoms. The lowest BCUT2D eigenvalue weighted by atomic mass is 10.1. The Morgan fingerprint density at radius 2 is 1.92 bits per heavy atom. The number of hydrogen-bond acceptors (Lipinski definition) is 4. The molecule has 2 aromatic rings. The molecule has 4 rings (SSSR count). The minimum absolute atomic E-state index is 0.247. The van der Waals surface area contributed by atoms with Gasteiger partial charge in [0.1, 0.15) is 0 Å². The molecule has 0 atom stereocenters. The largest absolute Gasteiger partial charge is 0.323 e. The number of hydrogen-bond donors (Lipinski definition) is 2. The standard InChI is InChI=1S/C19H18N4OS/c1-13-3-2-4-16(11-13)22-18(24)21-15-7-5-14(6-8-15)17-12-25-19-20-9-10-23(17)19/h2-8,11-12H,9-10H2,1H3,(H2,21,22,24). The molecule has 2 aliphatic heterocycles. The van der Waals surface area contributed by atoms with Gasteiger partial charge >= 0.3 is 6.03 Å². The zero-order valence-electron chi connectivity index (χ0n) is 13.8. The molecule has 2 aromatic carbocycles. The smallest absolute Gasteiger partial charge is 0.318 e. The van der Waals surface area contributed by atoms with Gasteiger partial charge in [0.15, 0.2) is 5.17 Å². The number of fused-ring (bicyclic) bond motifs is 1. The molecule has 0 spiro atoms. The molecule has 0 saturated heterocycles. The lowest BCUT2D eigenvalue weighted by molar-refractivity contribution is 0.262. The zero-order valence-corrected chi connectivity index (χ0v) is 14.6. The summed E-state index contributed by atoms with van der Waals surface area (Å²) in [6.07, 6.45) is 0. The summed E-state index contributed by atoms with van der Waals surface area (Å²) in [5, 5.41) is 8.91. The highest BCUT2D eigenvalue weighted by atomic mass is 32.2. The first-order valence-electron chi connectivity index (χ1n) is 8.13. The second-order valence-electron chi connectivity index (χ2n) is 5.96. The summed E-state index contributed by atoms with van der Waals surface area (Å²) in [5.74, 6) is 0. The van der Waals surface area contributed by atoms with Crippen molar-refractivity contribution in [2.75, 3.05) is 23.7 Å². The molecule has 126 valence electrons. The van der Waals surface area contributed by atoms with Crippen LogP contribution >= 0.6 is 11.8 Å². The predicted octanol–water partition coefficient (Wildman–Crippen LogP) is 4.36. The van der Waals surface area contributed by atoms with E-state index in [-0.39, 0.29) is 6.03 Å². The minimum Gasteiger partial charge on any atom is -0.318 e. The third-order valence-electron chi connectivity index (χ3n) is 4.08. The van der Waals surface area contributed by atoms with E-state index in [2.05, 4.69) is 25.9 Å². The highest BCUT2D eigenvalue weighted by molar-refractivity contribution is 8.16. The Labute approximate surface area is 150 Å². The number of amidine groups is 1. The van der Waals surface area contributed by atoms with E-state index in [0.29, 0.717) is 0 Å². The summed E-state index contributed by atoms with van der Waals surface area (Å²) in [6, 6.07) is 15.4. The van der Waals surface area contributed by atoms with Crippen molar-refractivity contribution in [1.29, 1.82) is 0 Å². The number of aryl methyl sites for hydroxylation is 1. The first kappa shape index (κ1) is 15.8. The molecule has 0 radical (unpaired) electrons. The van der Waals surface area contributed by atoms with E-state index >= 15 is 0 Å². The number of aliphatic imine (C=N–C) groups is 1. The summed E-state index contributed by atoms with van der Waals surface area (Å²) in [5.41, 5.74) is 4.95. The van der Waals surface area contributed by atoms with Gasteiger partial charge in [-0.1, -0.05) is 36.0 Å². The Hall–Kier alpha value is -2.73. The number of nitrogens with zero attached hydrogens (tertiary/aromatic N) is 2. The average molecular weight is 350 g/mol. The van der Waals surface area contributed by atoms with E-state index in [4.69, 9.17) is 0 Å². The van der Waals surface area contributed by atoms with Gasteiger partial charge < -0.3 is 15.5 Å². The molecule has 2 amide bonds. The predicted molar refractivity (Wildman–Crippen MR) is 105 cm³/mol. The molecule has 5 nitrogen and oxygen atoms in total. The van der Waals surface area contributed by atoms with Crippen molar-refractivity contribution in [1.82, 2.24) is 4.90 Å². The van der Waals surface area contributed by atoms with Gasteiger partial charge in [0.2, 0.25) is 0 Å². The lowest BCUT2D eigenvalue weighted by Crippen LogP contribution is -2.20. The first-order valence-corrected chi connectivity index (χ1v) is 9.01. The van der Waals surface area contributed by atoms with Crippen molar-refractivity contribution < 1.29 is 4.79 Å². The van der Waals surface area contributed by atoms with E-state index in [1.165, 1.54) is 5.70 Å². The van der Waals surface area contributed by atoms with Crippen LogP contribution in [0, 0.1) is 6.92 Å². The third-order valence-corrected chi connectivity index (χ3v) is 4.98. The van der Waals surface area contributed by atoms with Crippen LogP contribution in [0.3, 0.4) is 0 Å². The fourth-order valence-electron chi connectivity index (χ4n) is 2.89. The number of carbonyl (C=O) groups excluding carboxylic acids is 1. The summed E-state index contributed by atoms with van der Waals surface area (Å²) < 4.78 is 0. The Kier molecular flexibility index (Phi) is 4.19. The second-order valence-corrected chi connectivity index (χ2v) is 6.80. The molecule has 2 aliphatic rings. The van der Waals surface area contributed by atoms with Crippen LogP contribution in [0.4, 0.5) is 16.2 Å². The van der Waals surface area contributed by atoms with Gasteiger partial charge in [0, 0.05) is 23.3 Å². The molecular formula is C19H18N4OS. The highest BCUT2D eigenvalue weighted by Gasteiger charge is 2.26. The van der Waals surface area contributed by atoms with Crippen molar-refractivity contribution in [3.63, 3.8) is 0 Å². The number of carbonyl (C=O) groups is 1. The van der Waals surface area contributed by atoms with Gasteiger partial charge in [-0.2, -0.15) is 0 Å². The van der Waals surface area contributed by atoms with Crippen molar-refractivity contribution >= 4 is 40.0 Å². The quantitative estimate of drug-likeness (QED) is 0.865. The molecule has 2 N–H and O–H groups in total. The van der Waals surface area contributed by atoms with Crippen molar-refractivity contribution in [2.24, 2.45) is 4.99 Å². The normalized spacial score (nSPS) is 15.5. The van der Waals surface area contributed by atoms with E-state index in [0.717, 1.165) is 40.8 Å². The molecule has 6 heteroatoms. The van der Waals surface area contributed by atoms with Crippen LogP contribution < -0.4 is 10.6 Å². The van der Waals surface area contributed by atoms with E-state index < -0.39 is 0 Å². The van der Waals surface area contributed by atoms with Crippen molar-refractivity contribution in [3.8, 4) is 0 Å². The van der Waals surface area contributed by atoms with Crippen LogP contribution in [0.25, 0.3) is 5.70 Å². The Morgan fingerprint density at radius 3 is 2.72 bits per heavy atom. The number of thioether (sulfide) groups is 1. The van der Waals surface area contributed by atoms with E-state index in [1.54, 1.807) is 11.8 Å². The first-order chi connectivity index (χ1) is 12.2. The van der Waals surface area contributed by atoms with E-state index in [1.807, 2.05) is 55.5 Å². The maximum Gasteiger partial charge on any atom is 0.323 e. The number of nitrogens with one attached hydrogen (secondary N) is 2. The molecule has 25 heavy (non-hydrogen) atoms. The average Bonchev–Trinajstić information content (AvgIpc) is 3.19. The summed E-state index contributed by atoms with van der Waals surface area (Å²) in [4.78, 5) is 18.8. The molecule has 0 aliphatic carbocycles. The van der Waals surface area contributed by atoms with Gasteiger partial charge in [0.25, 0.3) is 0 Å². The fourth-order valence-corrected chi connectivity index (χ4v) is 3.85. The topological polar surface area (TPSA) is 56.7 Å². The maximum atomic E-state index is 12.1. The summed E-state index contributed by atoms with van der Waals surface area (Å²) in [6.45, 7) is 3.79.